The fraction of sp³-hybridized carbons (Fsp3) is 0.280. The lowest BCUT2D eigenvalue weighted by molar-refractivity contribution is -0.275. The van der Waals surface area contributed by atoms with Gasteiger partial charge in [0.05, 0.1) is 0 Å². The van der Waals surface area contributed by atoms with E-state index in [9.17, 15) is 35.5 Å². The summed E-state index contributed by atoms with van der Waals surface area (Å²) in [4.78, 5) is 20.3. The van der Waals surface area contributed by atoms with Crippen LogP contribution in [0.3, 0.4) is 0 Å². The van der Waals surface area contributed by atoms with Crippen LogP contribution in [0, 0.1) is 5.82 Å². The molecule has 3 aromatic rings. The van der Waals surface area contributed by atoms with Gasteiger partial charge in [-0.1, -0.05) is 24.3 Å². The average molecular weight is 542 g/mol. The van der Waals surface area contributed by atoms with Crippen molar-refractivity contribution in [3.63, 3.8) is 0 Å². The lowest BCUT2D eigenvalue weighted by atomic mass is 10.0. The first-order valence-corrected chi connectivity index (χ1v) is 11.3. The van der Waals surface area contributed by atoms with Crippen LogP contribution in [0.5, 0.6) is 5.75 Å². The van der Waals surface area contributed by atoms with Crippen LogP contribution in [0.4, 0.5) is 42.2 Å². The van der Waals surface area contributed by atoms with Gasteiger partial charge in [0.25, 0.3) is 0 Å². The molecule has 0 aliphatic carbocycles. The quantitative estimate of drug-likeness (QED) is 0.409. The minimum Gasteiger partial charge on any atom is -0.405 e. The number of nitrogens with zero attached hydrogens (tertiary/aromatic N) is 3. The first-order valence-electron chi connectivity index (χ1n) is 11.3. The second-order valence-electron chi connectivity index (χ2n) is 8.39. The topological polar surface area (TPSA) is 57.7 Å². The third-order valence-corrected chi connectivity index (χ3v) is 5.83. The summed E-state index contributed by atoms with van der Waals surface area (Å²) in [7, 11) is 0. The first-order chi connectivity index (χ1) is 17.9. The Morgan fingerprint density at radius 1 is 0.868 bits per heavy atom. The molecule has 38 heavy (non-hydrogen) atoms. The number of para-hydroxylation sites is 1. The Balaban J connectivity index is 1.60. The van der Waals surface area contributed by atoms with Crippen LogP contribution in [-0.4, -0.2) is 48.3 Å². The molecule has 1 amide bonds. The second-order valence-corrected chi connectivity index (χ2v) is 8.39. The number of benzene rings is 2. The van der Waals surface area contributed by atoms with E-state index in [1.807, 2.05) is 0 Å². The molecule has 1 aromatic heterocycles. The van der Waals surface area contributed by atoms with Crippen molar-refractivity contribution in [3.05, 3.63) is 83.8 Å². The number of pyridine rings is 1. The fourth-order valence-corrected chi connectivity index (χ4v) is 4.14. The molecule has 4 rings (SSSR count). The van der Waals surface area contributed by atoms with Crippen molar-refractivity contribution in [2.45, 2.75) is 18.6 Å². The molecule has 1 aliphatic heterocycles. The standard InChI is InChI=1S/C25H21F7N4O2/c26-16-8-10-17(11-9-16)33-23(37)22(18-4-1-2-5-19(18)38-25(30,31)32)36-14-12-35(13-15-36)21-7-3-6-20(34-21)24(27,28)29/h1-11,22H,12-15H2,(H,33,37). The van der Waals surface area contributed by atoms with E-state index in [4.69, 9.17) is 0 Å². The summed E-state index contributed by atoms with van der Waals surface area (Å²) >= 11 is 0. The van der Waals surface area contributed by atoms with Crippen molar-refractivity contribution in [2.75, 3.05) is 36.4 Å². The maximum atomic E-state index is 13.4. The minimum atomic E-state index is -5.01. The molecule has 2 aromatic carbocycles. The highest BCUT2D eigenvalue weighted by Gasteiger charge is 2.38. The molecule has 1 aliphatic rings. The van der Waals surface area contributed by atoms with Gasteiger partial charge in [-0.05, 0) is 42.5 Å². The summed E-state index contributed by atoms with van der Waals surface area (Å²) in [5, 5.41) is 2.59. The molecular formula is C25H21F7N4O2. The Hall–Kier alpha value is -3.87. The predicted molar refractivity (Wildman–Crippen MR) is 124 cm³/mol. The third kappa shape index (κ3) is 6.71. The highest BCUT2D eigenvalue weighted by Crippen LogP contribution is 2.35. The lowest BCUT2D eigenvalue weighted by Gasteiger charge is -2.39. The highest BCUT2D eigenvalue weighted by molar-refractivity contribution is 5.96. The molecule has 13 heteroatoms. The molecule has 6 nitrogen and oxygen atoms in total. The monoisotopic (exact) mass is 542 g/mol. The SMILES string of the molecule is O=C(Nc1ccc(F)cc1)C(c1ccccc1OC(F)(F)F)N1CCN(c2cccc(C(F)(F)F)n2)CC1. The van der Waals surface area contributed by atoms with E-state index in [-0.39, 0.29) is 43.2 Å². The van der Waals surface area contributed by atoms with Crippen molar-refractivity contribution in [1.82, 2.24) is 9.88 Å². The van der Waals surface area contributed by atoms with Gasteiger partial charge < -0.3 is 15.0 Å². The second kappa shape index (κ2) is 10.9. The molecule has 1 saturated heterocycles. The van der Waals surface area contributed by atoms with Gasteiger partial charge in [0, 0.05) is 37.4 Å². The number of aromatic nitrogens is 1. The van der Waals surface area contributed by atoms with Gasteiger partial charge in [-0.3, -0.25) is 9.69 Å². The first kappa shape index (κ1) is 27.2. The average Bonchev–Trinajstić information content (AvgIpc) is 2.86. The number of carbonyl (C=O) groups is 1. The van der Waals surface area contributed by atoms with E-state index in [1.54, 1.807) is 9.80 Å². The van der Waals surface area contributed by atoms with E-state index >= 15 is 0 Å². The molecule has 2 heterocycles. The van der Waals surface area contributed by atoms with Crippen LogP contribution in [0.25, 0.3) is 0 Å². The van der Waals surface area contributed by atoms with E-state index in [2.05, 4.69) is 15.0 Å². The molecule has 0 bridgehead atoms. The summed E-state index contributed by atoms with van der Waals surface area (Å²) in [6.07, 6.45) is -9.63. The maximum Gasteiger partial charge on any atom is 0.573 e. The van der Waals surface area contributed by atoms with Crippen LogP contribution in [0.1, 0.15) is 17.3 Å². The Kier molecular flexibility index (Phi) is 7.76. The molecule has 202 valence electrons. The molecule has 1 N–H and O–H groups in total. The van der Waals surface area contributed by atoms with Crippen LogP contribution < -0.4 is 15.0 Å². The van der Waals surface area contributed by atoms with Crippen LogP contribution in [-0.2, 0) is 11.0 Å². The summed E-state index contributed by atoms with van der Waals surface area (Å²) in [5.41, 5.74) is -0.885. The molecule has 0 saturated carbocycles. The number of piperazine rings is 1. The molecule has 1 atom stereocenters. The summed E-state index contributed by atoms with van der Waals surface area (Å²) in [6.45, 7) is 0.521. The van der Waals surface area contributed by atoms with Crippen LogP contribution in [0.15, 0.2) is 66.7 Å². The van der Waals surface area contributed by atoms with Gasteiger partial charge in [0.2, 0.25) is 5.91 Å². The maximum absolute atomic E-state index is 13.4. The Morgan fingerprint density at radius 3 is 2.16 bits per heavy atom. The molecule has 1 fully saturated rings. The Bertz CT molecular complexity index is 1260. The summed E-state index contributed by atoms with van der Waals surface area (Å²) in [5.74, 6) is -1.71. The van der Waals surface area contributed by atoms with Gasteiger partial charge in [-0.25, -0.2) is 9.37 Å². The summed E-state index contributed by atoms with van der Waals surface area (Å²) < 4.78 is 96.0. The number of nitrogens with one attached hydrogen (secondary N) is 1. The lowest BCUT2D eigenvalue weighted by Crippen LogP contribution is -2.50. The van der Waals surface area contributed by atoms with Gasteiger partial charge >= 0.3 is 12.5 Å². The van der Waals surface area contributed by atoms with Crippen molar-refractivity contribution in [1.29, 1.82) is 0 Å². The number of halogens is 7. The zero-order valence-electron chi connectivity index (χ0n) is 19.6. The highest BCUT2D eigenvalue weighted by atomic mass is 19.4. The zero-order chi connectivity index (χ0) is 27.5. The normalized spacial score (nSPS) is 15.7. The van der Waals surface area contributed by atoms with Crippen LogP contribution >= 0.6 is 0 Å². The predicted octanol–water partition coefficient (Wildman–Crippen LogP) is 5.64. The number of carbonyl (C=O) groups excluding carboxylic acids is 1. The Morgan fingerprint density at radius 2 is 1.53 bits per heavy atom. The van der Waals surface area contributed by atoms with Crippen molar-refractivity contribution in [3.8, 4) is 5.75 Å². The Labute approximate surface area is 212 Å². The number of ether oxygens (including phenoxy) is 1. The number of hydrogen-bond donors (Lipinski definition) is 1. The number of rotatable bonds is 6. The summed E-state index contributed by atoms with van der Waals surface area (Å²) in [6, 6.07) is 12.3. The fourth-order valence-electron chi connectivity index (χ4n) is 4.14. The van der Waals surface area contributed by atoms with Gasteiger partial charge in [0.15, 0.2) is 0 Å². The van der Waals surface area contributed by atoms with Gasteiger partial charge in [0.1, 0.15) is 29.1 Å². The molecular weight excluding hydrogens is 521 g/mol. The minimum absolute atomic E-state index is 0.0601. The van der Waals surface area contributed by atoms with Crippen molar-refractivity contribution in [2.24, 2.45) is 0 Å². The molecule has 0 spiro atoms. The van der Waals surface area contributed by atoms with Crippen LogP contribution in [0.2, 0.25) is 0 Å². The van der Waals surface area contributed by atoms with E-state index in [0.29, 0.717) is 0 Å². The van der Waals surface area contributed by atoms with E-state index in [0.717, 1.165) is 24.3 Å². The number of hydrogen-bond acceptors (Lipinski definition) is 5. The zero-order valence-corrected chi connectivity index (χ0v) is 19.6. The third-order valence-electron chi connectivity index (χ3n) is 5.83. The van der Waals surface area contributed by atoms with Gasteiger partial charge in [-0.15, -0.1) is 13.2 Å². The molecule has 1 unspecified atom stereocenters. The molecule has 0 radical (unpaired) electrons. The smallest absolute Gasteiger partial charge is 0.405 e. The van der Waals surface area contributed by atoms with Crippen molar-refractivity contribution < 1.29 is 40.3 Å². The number of amides is 1. The van der Waals surface area contributed by atoms with E-state index in [1.165, 1.54) is 42.5 Å². The number of anilines is 2. The largest absolute Gasteiger partial charge is 0.573 e. The van der Waals surface area contributed by atoms with Gasteiger partial charge in [-0.2, -0.15) is 13.2 Å². The number of alkyl halides is 6. The van der Waals surface area contributed by atoms with Crippen molar-refractivity contribution >= 4 is 17.4 Å². The van der Waals surface area contributed by atoms with E-state index < -0.39 is 41.7 Å².